The van der Waals surface area contributed by atoms with Crippen molar-refractivity contribution in [1.82, 2.24) is 0 Å². The molecule has 1 aromatic rings. The first-order chi connectivity index (χ1) is 8.11. The normalized spacial score (nSPS) is 11.8. The molecule has 5 nitrogen and oxygen atoms in total. The van der Waals surface area contributed by atoms with Crippen molar-refractivity contribution in [2.45, 2.75) is 25.6 Å². The molecule has 3 N–H and O–H groups in total. The fraction of sp³-hybridized carbons (Fsp3) is 0.333. The third-order valence-electron chi connectivity index (χ3n) is 2.47. The van der Waals surface area contributed by atoms with Crippen LogP contribution in [0.15, 0.2) is 18.2 Å². The molecular weight excluding hydrogens is 222 g/mol. The molecule has 0 bridgehead atoms. The van der Waals surface area contributed by atoms with Gasteiger partial charge in [0.05, 0.1) is 12.7 Å². The van der Waals surface area contributed by atoms with Gasteiger partial charge in [-0.05, 0) is 17.5 Å². The smallest absolute Gasteiger partial charge is 0.337 e. The zero-order chi connectivity index (χ0) is 12.8. The average molecular weight is 235 g/mol. The predicted molar refractivity (Wildman–Crippen MR) is 58.9 cm³/mol. The number of benzene rings is 1. The Labute approximate surface area is 98.6 Å². The predicted octanol–water partition coefficient (Wildman–Crippen LogP) is 0.753. The molecule has 1 rings (SSSR count). The summed E-state index contributed by atoms with van der Waals surface area (Å²) in [4.78, 5) is 10.8. The highest BCUT2D eigenvalue weighted by Gasteiger charge is 2.22. The van der Waals surface area contributed by atoms with Crippen LogP contribution in [0.3, 0.4) is 0 Å². The lowest BCUT2D eigenvalue weighted by molar-refractivity contribution is -0.147. The second kappa shape index (κ2) is 5.99. The summed E-state index contributed by atoms with van der Waals surface area (Å²) < 4.78 is 0. The van der Waals surface area contributed by atoms with Crippen LogP contribution in [-0.2, 0) is 17.8 Å². The molecule has 0 fully saturated rings. The van der Waals surface area contributed by atoms with Gasteiger partial charge < -0.3 is 15.3 Å². The fourth-order valence-corrected chi connectivity index (χ4v) is 1.69. The maximum absolute atomic E-state index is 10.8. The molecule has 1 unspecified atom stereocenters. The van der Waals surface area contributed by atoms with Crippen LogP contribution in [-0.4, -0.2) is 21.3 Å². The van der Waals surface area contributed by atoms with Crippen molar-refractivity contribution in [2.75, 3.05) is 0 Å². The molecule has 0 aliphatic rings. The van der Waals surface area contributed by atoms with E-state index in [2.05, 4.69) is 0 Å². The molecular formula is C12H13NO4. The van der Waals surface area contributed by atoms with E-state index in [0.29, 0.717) is 17.5 Å². The van der Waals surface area contributed by atoms with Crippen molar-refractivity contribution in [1.29, 1.82) is 5.26 Å². The number of aliphatic carboxylic acids is 1. The molecule has 0 aliphatic carbocycles. The highest BCUT2D eigenvalue weighted by atomic mass is 16.4. The van der Waals surface area contributed by atoms with Gasteiger partial charge in [-0.3, -0.25) is 0 Å². The Morgan fingerprint density at radius 2 is 2.06 bits per heavy atom. The standard InChI is InChI=1S/C12H13NO4/c13-6-2-5-8-3-1-4-9(7-14)10(8)11(15)12(16)17/h1,3-4,11,14-15H,2,5,7H2,(H,16,17). The van der Waals surface area contributed by atoms with E-state index in [0.717, 1.165) is 0 Å². The Morgan fingerprint density at radius 1 is 1.41 bits per heavy atom. The largest absolute Gasteiger partial charge is 0.479 e. The SMILES string of the molecule is N#CCCc1cccc(CO)c1C(O)C(=O)O. The summed E-state index contributed by atoms with van der Waals surface area (Å²) in [5, 5.41) is 36.0. The number of hydrogen-bond acceptors (Lipinski definition) is 4. The zero-order valence-electron chi connectivity index (χ0n) is 9.13. The van der Waals surface area contributed by atoms with Crippen LogP contribution in [0.5, 0.6) is 0 Å². The van der Waals surface area contributed by atoms with Crippen LogP contribution in [0, 0.1) is 11.3 Å². The molecule has 1 atom stereocenters. The van der Waals surface area contributed by atoms with Gasteiger partial charge in [-0.1, -0.05) is 18.2 Å². The van der Waals surface area contributed by atoms with Gasteiger partial charge in [-0.2, -0.15) is 5.26 Å². The van der Waals surface area contributed by atoms with E-state index in [4.69, 9.17) is 15.5 Å². The Morgan fingerprint density at radius 3 is 2.59 bits per heavy atom. The van der Waals surface area contributed by atoms with Crippen molar-refractivity contribution >= 4 is 5.97 Å². The van der Waals surface area contributed by atoms with Crippen LogP contribution in [0.4, 0.5) is 0 Å². The zero-order valence-corrected chi connectivity index (χ0v) is 9.13. The van der Waals surface area contributed by atoms with Gasteiger partial charge in [-0.15, -0.1) is 0 Å². The van der Waals surface area contributed by atoms with E-state index in [9.17, 15) is 9.90 Å². The molecule has 0 saturated heterocycles. The summed E-state index contributed by atoms with van der Waals surface area (Å²) >= 11 is 0. The second-order valence-corrected chi connectivity index (χ2v) is 3.55. The third-order valence-corrected chi connectivity index (χ3v) is 2.47. The monoisotopic (exact) mass is 235 g/mol. The number of aliphatic hydroxyl groups is 2. The minimum atomic E-state index is -1.67. The number of carbonyl (C=O) groups is 1. The van der Waals surface area contributed by atoms with E-state index >= 15 is 0 Å². The van der Waals surface area contributed by atoms with Gasteiger partial charge in [0, 0.05) is 12.0 Å². The summed E-state index contributed by atoms with van der Waals surface area (Å²) in [6.45, 7) is -0.347. The van der Waals surface area contributed by atoms with Gasteiger partial charge in [-0.25, -0.2) is 4.79 Å². The lowest BCUT2D eigenvalue weighted by Crippen LogP contribution is -2.15. The highest BCUT2D eigenvalue weighted by molar-refractivity contribution is 5.75. The number of nitrogens with zero attached hydrogens (tertiary/aromatic N) is 1. The first-order valence-electron chi connectivity index (χ1n) is 5.11. The van der Waals surface area contributed by atoms with E-state index in [1.54, 1.807) is 18.2 Å². The van der Waals surface area contributed by atoms with E-state index in [1.165, 1.54) is 0 Å². The van der Waals surface area contributed by atoms with Gasteiger partial charge >= 0.3 is 5.97 Å². The van der Waals surface area contributed by atoms with Crippen LogP contribution >= 0.6 is 0 Å². The second-order valence-electron chi connectivity index (χ2n) is 3.55. The van der Waals surface area contributed by atoms with Crippen LogP contribution in [0.1, 0.15) is 29.2 Å². The first kappa shape index (κ1) is 13.2. The fourth-order valence-electron chi connectivity index (χ4n) is 1.69. The summed E-state index contributed by atoms with van der Waals surface area (Å²) in [7, 11) is 0. The molecule has 5 heteroatoms. The lowest BCUT2D eigenvalue weighted by Gasteiger charge is -2.15. The average Bonchev–Trinajstić information content (AvgIpc) is 2.34. The van der Waals surface area contributed by atoms with E-state index in [-0.39, 0.29) is 18.6 Å². The van der Waals surface area contributed by atoms with Gasteiger partial charge in [0.1, 0.15) is 0 Å². The molecule has 17 heavy (non-hydrogen) atoms. The highest BCUT2D eigenvalue weighted by Crippen LogP contribution is 2.24. The Bertz CT molecular complexity index is 450. The van der Waals surface area contributed by atoms with Crippen molar-refractivity contribution in [3.63, 3.8) is 0 Å². The van der Waals surface area contributed by atoms with E-state index < -0.39 is 12.1 Å². The number of hydrogen-bond donors (Lipinski definition) is 3. The lowest BCUT2D eigenvalue weighted by atomic mass is 9.94. The van der Waals surface area contributed by atoms with Crippen molar-refractivity contribution in [3.8, 4) is 6.07 Å². The number of aryl methyl sites for hydroxylation is 1. The van der Waals surface area contributed by atoms with Gasteiger partial charge in [0.25, 0.3) is 0 Å². The first-order valence-corrected chi connectivity index (χ1v) is 5.11. The van der Waals surface area contributed by atoms with Crippen LogP contribution in [0.2, 0.25) is 0 Å². The van der Waals surface area contributed by atoms with Crippen LogP contribution in [0.25, 0.3) is 0 Å². The summed E-state index contributed by atoms with van der Waals surface area (Å²) in [5.41, 5.74) is 1.14. The summed E-state index contributed by atoms with van der Waals surface area (Å²) in [6, 6.07) is 6.82. The molecule has 0 radical (unpaired) electrons. The Balaban J connectivity index is 3.20. The minimum absolute atomic E-state index is 0.192. The molecule has 0 aliphatic heterocycles. The number of nitriles is 1. The quantitative estimate of drug-likeness (QED) is 0.699. The summed E-state index contributed by atoms with van der Waals surface area (Å²) in [6.07, 6.45) is -1.09. The van der Waals surface area contributed by atoms with Gasteiger partial charge in [0.15, 0.2) is 6.10 Å². The van der Waals surface area contributed by atoms with Crippen molar-refractivity contribution < 1.29 is 20.1 Å². The number of aliphatic hydroxyl groups excluding tert-OH is 2. The Hall–Kier alpha value is -1.90. The maximum Gasteiger partial charge on any atom is 0.337 e. The molecule has 90 valence electrons. The number of carboxylic acids is 1. The van der Waals surface area contributed by atoms with Gasteiger partial charge in [0.2, 0.25) is 0 Å². The summed E-state index contributed by atoms with van der Waals surface area (Å²) in [5.74, 6) is -1.37. The van der Waals surface area contributed by atoms with Crippen molar-refractivity contribution in [2.24, 2.45) is 0 Å². The van der Waals surface area contributed by atoms with Crippen LogP contribution < -0.4 is 0 Å². The minimum Gasteiger partial charge on any atom is -0.479 e. The number of rotatable bonds is 5. The molecule has 0 saturated carbocycles. The molecule has 0 amide bonds. The third kappa shape index (κ3) is 3.03. The maximum atomic E-state index is 10.8. The Kier molecular flexibility index (Phi) is 4.64. The topological polar surface area (TPSA) is 102 Å². The van der Waals surface area contributed by atoms with Crippen molar-refractivity contribution in [3.05, 3.63) is 34.9 Å². The van der Waals surface area contributed by atoms with E-state index in [1.807, 2.05) is 6.07 Å². The molecule has 1 aromatic carbocycles. The molecule has 0 spiro atoms. The number of carboxylic acid groups (broad SMARTS) is 1. The molecule has 0 aromatic heterocycles. The molecule has 0 heterocycles.